The molecule has 2 heterocycles. The summed E-state index contributed by atoms with van der Waals surface area (Å²) in [4.78, 5) is 27.7. The third-order valence-electron chi connectivity index (χ3n) is 4.97. The summed E-state index contributed by atoms with van der Waals surface area (Å²) in [7, 11) is 0. The van der Waals surface area contributed by atoms with Gasteiger partial charge >= 0.3 is 0 Å². The van der Waals surface area contributed by atoms with Crippen LogP contribution >= 0.6 is 11.8 Å². The fourth-order valence-electron chi connectivity index (χ4n) is 3.41. The number of benzene rings is 2. The molecule has 6 nitrogen and oxygen atoms in total. The Morgan fingerprint density at radius 2 is 1.90 bits per heavy atom. The van der Waals surface area contributed by atoms with E-state index in [1.165, 1.54) is 0 Å². The maximum Gasteiger partial charge on any atom is 0.258 e. The Labute approximate surface area is 173 Å². The zero-order valence-corrected chi connectivity index (χ0v) is 17.1. The first kappa shape index (κ1) is 19.3. The summed E-state index contributed by atoms with van der Waals surface area (Å²) in [6, 6.07) is 16.8. The lowest BCUT2D eigenvalue weighted by atomic mass is 10.1. The van der Waals surface area contributed by atoms with Crippen molar-refractivity contribution < 1.29 is 9.59 Å². The molecule has 1 N–H and O–H groups in total. The Hall–Kier alpha value is -3.06. The Morgan fingerprint density at radius 1 is 1.10 bits per heavy atom. The summed E-state index contributed by atoms with van der Waals surface area (Å²) in [5.74, 6) is 0.733. The van der Waals surface area contributed by atoms with Gasteiger partial charge in [-0.3, -0.25) is 9.59 Å². The summed E-state index contributed by atoms with van der Waals surface area (Å²) in [5.41, 5.74) is 3.99. The minimum atomic E-state index is -0.507. The van der Waals surface area contributed by atoms with E-state index in [2.05, 4.69) is 10.4 Å². The van der Waals surface area contributed by atoms with E-state index in [1.807, 2.05) is 68.4 Å². The Morgan fingerprint density at radius 3 is 2.66 bits per heavy atom. The topological polar surface area (TPSA) is 67.2 Å². The van der Waals surface area contributed by atoms with Gasteiger partial charge in [0.1, 0.15) is 6.04 Å². The van der Waals surface area contributed by atoms with Crippen molar-refractivity contribution >= 4 is 29.3 Å². The Balaban J connectivity index is 1.54. The van der Waals surface area contributed by atoms with Gasteiger partial charge in [0.15, 0.2) is 0 Å². The lowest BCUT2D eigenvalue weighted by molar-refractivity contribution is -0.119. The average molecular weight is 407 g/mol. The first-order chi connectivity index (χ1) is 14.0. The molecular weight excluding hydrogens is 384 g/mol. The molecule has 0 radical (unpaired) electrons. The maximum atomic E-state index is 13.2. The van der Waals surface area contributed by atoms with Gasteiger partial charge < -0.3 is 10.2 Å². The molecule has 4 rings (SSSR count). The number of hydrogen-bond acceptors (Lipinski definition) is 4. The lowest BCUT2D eigenvalue weighted by Gasteiger charge is -2.23. The van der Waals surface area contributed by atoms with Crippen LogP contribution in [0.5, 0.6) is 0 Å². The molecule has 1 unspecified atom stereocenters. The maximum absolute atomic E-state index is 13.2. The molecule has 2 amide bonds. The predicted molar refractivity (Wildman–Crippen MR) is 115 cm³/mol. The fraction of sp³-hybridized carbons (Fsp3) is 0.227. The van der Waals surface area contributed by atoms with Crippen LogP contribution in [-0.2, 0) is 4.79 Å². The Kier molecular flexibility index (Phi) is 5.40. The van der Waals surface area contributed by atoms with Crippen molar-refractivity contribution in [1.29, 1.82) is 0 Å². The second-order valence-electron chi connectivity index (χ2n) is 7.04. The van der Waals surface area contributed by atoms with Gasteiger partial charge in [-0.25, -0.2) is 4.68 Å². The highest BCUT2D eigenvalue weighted by Gasteiger charge is 2.36. The molecule has 1 atom stereocenters. The number of nitrogens with one attached hydrogen (secondary N) is 1. The fourth-order valence-corrected chi connectivity index (χ4v) is 4.57. The van der Waals surface area contributed by atoms with Crippen LogP contribution in [0.3, 0.4) is 0 Å². The first-order valence-corrected chi connectivity index (χ1v) is 10.6. The molecule has 1 aliphatic rings. The summed E-state index contributed by atoms with van der Waals surface area (Å²) < 4.78 is 1.75. The minimum Gasteiger partial charge on any atom is -0.324 e. The van der Waals surface area contributed by atoms with Gasteiger partial charge in [0.05, 0.1) is 29.0 Å². The second-order valence-corrected chi connectivity index (χ2v) is 8.04. The molecule has 148 valence electrons. The Bertz CT molecular complexity index is 1050. The van der Waals surface area contributed by atoms with Crippen molar-refractivity contribution in [2.45, 2.75) is 19.9 Å². The van der Waals surface area contributed by atoms with Crippen LogP contribution in [0.1, 0.15) is 21.6 Å². The zero-order valence-electron chi connectivity index (χ0n) is 16.3. The van der Waals surface area contributed by atoms with Crippen LogP contribution in [0.15, 0.2) is 60.8 Å². The van der Waals surface area contributed by atoms with Crippen molar-refractivity contribution in [2.24, 2.45) is 0 Å². The smallest absolute Gasteiger partial charge is 0.258 e. The average Bonchev–Trinajstić information content (AvgIpc) is 3.35. The van der Waals surface area contributed by atoms with E-state index in [9.17, 15) is 9.59 Å². The number of thioether (sulfide) groups is 1. The molecule has 29 heavy (non-hydrogen) atoms. The number of rotatable bonds is 4. The van der Waals surface area contributed by atoms with E-state index in [1.54, 1.807) is 27.5 Å². The van der Waals surface area contributed by atoms with Crippen LogP contribution in [-0.4, -0.2) is 44.2 Å². The summed E-state index contributed by atoms with van der Waals surface area (Å²) in [6.45, 7) is 3.85. The first-order valence-electron chi connectivity index (χ1n) is 9.41. The van der Waals surface area contributed by atoms with Gasteiger partial charge in [-0.15, -0.1) is 11.8 Å². The minimum absolute atomic E-state index is 0.165. The molecule has 0 spiro atoms. The highest BCUT2D eigenvalue weighted by Crippen LogP contribution is 2.26. The number of carbonyl (C=O) groups is 2. The molecule has 2 aromatic carbocycles. The van der Waals surface area contributed by atoms with Crippen LogP contribution < -0.4 is 5.32 Å². The molecule has 0 bridgehead atoms. The van der Waals surface area contributed by atoms with Gasteiger partial charge in [0, 0.05) is 11.4 Å². The zero-order chi connectivity index (χ0) is 20.4. The second kappa shape index (κ2) is 8.13. The van der Waals surface area contributed by atoms with Crippen molar-refractivity contribution in [3.8, 4) is 5.69 Å². The largest absolute Gasteiger partial charge is 0.324 e. The predicted octanol–water partition coefficient (Wildman–Crippen LogP) is 3.64. The number of para-hydroxylation sites is 1. The van der Waals surface area contributed by atoms with E-state index < -0.39 is 6.04 Å². The SMILES string of the molecule is Cc1cccc(NC(=O)C2CSCN2C(=O)c2cnn(-c3ccccc3)c2C)c1. The van der Waals surface area contributed by atoms with E-state index in [0.717, 1.165) is 22.6 Å². The van der Waals surface area contributed by atoms with E-state index in [4.69, 9.17) is 0 Å². The third kappa shape index (κ3) is 3.91. The lowest BCUT2D eigenvalue weighted by Crippen LogP contribution is -2.44. The number of aromatic nitrogens is 2. The summed E-state index contributed by atoms with van der Waals surface area (Å²) in [5, 5.41) is 7.33. The molecule has 3 aromatic rings. The van der Waals surface area contributed by atoms with E-state index in [0.29, 0.717) is 17.2 Å². The van der Waals surface area contributed by atoms with Gasteiger partial charge in [-0.2, -0.15) is 5.10 Å². The van der Waals surface area contributed by atoms with Gasteiger partial charge in [0.2, 0.25) is 5.91 Å². The number of anilines is 1. The summed E-state index contributed by atoms with van der Waals surface area (Å²) >= 11 is 1.58. The molecule has 1 saturated heterocycles. The van der Waals surface area contributed by atoms with Crippen LogP contribution in [0, 0.1) is 13.8 Å². The quantitative estimate of drug-likeness (QED) is 0.718. The number of carbonyl (C=O) groups excluding carboxylic acids is 2. The highest BCUT2D eigenvalue weighted by atomic mass is 32.2. The monoisotopic (exact) mass is 406 g/mol. The number of nitrogens with zero attached hydrogens (tertiary/aromatic N) is 3. The molecule has 1 aromatic heterocycles. The van der Waals surface area contributed by atoms with Crippen molar-refractivity contribution in [3.05, 3.63) is 77.6 Å². The molecular formula is C22H22N4O2S. The van der Waals surface area contributed by atoms with Crippen LogP contribution in [0.4, 0.5) is 5.69 Å². The number of amides is 2. The van der Waals surface area contributed by atoms with Crippen molar-refractivity contribution in [1.82, 2.24) is 14.7 Å². The van der Waals surface area contributed by atoms with E-state index >= 15 is 0 Å². The third-order valence-corrected chi connectivity index (χ3v) is 5.98. The molecule has 0 aliphatic carbocycles. The number of hydrogen-bond donors (Lipinski definition) is 1. The molecule has 1 aliphatic heterocycles. The summed E-state index contributed by atoms with van der Waals surface area (Å²) in [6.07, 6.45) is 1.59. The van der Waals surface area contributed by atoms with E-state index in [-0.39, 0.29) is 11.8 Å². The van der Waals surface area contributed by atoms with Crippen LogP contribution in [0.25, 0.3) is 5.69 Å². The van der Waals surface area contributed by atoms with Crippen LogP contribution in [0.2, 0.25) is 0 Å². The number of aryl methyl sites for hydroxylation is 1. The highest BCUT2D eigenvalue weighted by molar-refractivity contribution is 7.99. The molecule has 0 saturated carbocycles. The van der Waals surface area contributed by atoms with Crippen molar-refractivity contribution in [3.63, 3.8) is 0 Å². The van der Waals surface area contributed by atoms with Gasteiger partial charge in [-0.05, 0) is 43.7 Å². The standard InChI is InChI=1S/C22H22N4O2S/c1-15-7-6-8-17(11-15)24-21(27)20-13-29-14-25(20)22(28)19-12-23-26(16(19)2)18-9-4-3-5-10-18/h3-12,20H,13-14H2,1-2H3,(H,24,27). The van der Waals surface area contributed by atoms with Gasteiger partial charge in [-0.1, -0.05) is 30.3 Å². The van der Waals surface area contributed by atoms with Crippen molar-refractivity contribution in [2.75, 3.05) is 16.9 Å². The van der Waals surface area contributed by atoms with Gasteiger partial charge in [0.25, 0.3) is 5.91 Å². The molecule has 7 heteroatoms. The normalized spacial score (nSPS) is 16.1. The molecule has 1 fully saturated rings.